The number of anilines is 1. The minimum Gasteiger partial charge on any atom is -0.496 e. The van der Waals surface area contributed by atoms with Gasteiger partial charge in [0.15, 0.2) is 10.2 Å². The van der Waals surface area contributed by atoms with E-state index in [1.165, 1.54) is 18.4 Å². The van der Waals surface area contributed by atoms with Crippen molar-refractivity contribution in [2.24, 2.45) is 0 Å². The number of aromatic nitrogens is 1. The van der Waals surface area contributed by atoms with Crippen LogP contribution in [0.2, 0.25) is 5.02 Å². The van der Waals surface area contributed by atoms with Gasteiger partial charge in [0.2, 0.25) is 0 Å². The minimum atomic E-state index is -0.352. The molecule has 0 aliphatic heterocycles. The van der Waals surface area contributed by atoms with Gasteiger partial charge in [-0.05, 0) is 36.5 Å². The van der Waals surface area contributed by atoms with Crippen LogP contribution in [0.5, 0.6) is 5.75 Å². The van der Waals surface area contributed by atoms with Crippen LogP contribution in [0, 0.1) is 0 Å². The Morgan fingerprint density at radius 3 is 2.65 bits per heavy atom. The number of hydrogen-bond donors (Lipinski definition) is 2. The van der Waals surface area contributed by atoms with Crippen LogP contribution in [0.1, 0.15) is 10.4 Å². The number of carbonyl (C=O) groups excluding carboxylic acids is 1. The number of nitrogens with zero attached hydrogens (tertiary/aromatic N) is 1. The molecule has 0 bridgehead atoms. The van der Waals surface area contributed by atoms with Crippen LogP contribution in [0.4, 0.5) is 5.13 Å². The van der Waals surface area contributed by atoms with E-state index in [-0.39, 0.29) is 11.0 Å². The van der Waals surface area contributed by atoms with Crippen molar-refractivity contribution in [3.05, 3.63) is 64.5 Å². The van der Waals surface area contributed by atoms with E-state index in [4.69, 9.17) is 28.6 Å². The Kier molecular flexibility index (Phi) is 5.82. The van der Waals surface area contributed by atoms with E-state index in [9.17, 15) is 4.79 Å². The molecule has 0 atom stereocenters. The summed E-state index contributed by atoms with van der Waals surface area (Å²) in [5.41, 5.74) is 2.15. The highest BCUT2D eigenvalue weighted by atomic mass is 35.5. The molecule has 3 rings (SSSR count). The van der Waals surface area contributed by atoms with E-state index >= 15 is 0 Å². The average Bonchev–Trinajstić information content (AvgIpc) is 3.10. The Balaban J connectivity index is 1.65. The smallest absolute Gasteiger partial charge is 0.261 e. The van der Waals surface area contributed by atoms with Gasteiger partial charge in [0, 0.05) is 16.0 Å². The van der Waals surface area contributed by atoms with E-state index in [0.717, 1.165) is 11.3 Å². The molecule has 132 valence electrons. The van der Waals surface area contributed by atoms with Gasteiger partial charge in [-0.2, -0.15) is 0 Å². The number of methoxy groups -OCH3 is 1. The Morgan fingerprint density at radius 2 is 1.92 bits per heavy atom. The van der Waals surface area contributed by atoms with E-state index < -0.39 is 0 Å². The maximum Gasteiger partial charge on any atom is 0.261 e. The van der Waals surface area contributed by atoms with Gasteiger partial charge in [0.05, 0.1) is 18.4 Å². The molecule has 0 aliphatic rings. The molecule has 0 spiro atoms. The predicted molar refractivity (Wildman–Crippen MR) is 109 cm³/mol. The van der Waals surface area contributed by atoms with E-state index in [2.05, 4.69) is 15.6 Å². The average molecular weight is 404 g/mol. The first-order valence-corrected chi connectivity index (χ1v) is 9.20. The van der Waals surface area contributed by atoms with Gasteiger partial charge in [-0.15, -0.1) is 11.3 Å². The van der Waals surface area contributed by atoms with Crippen LogP contribution in [0.15, 0.2) is 53.9 Å². The molecular weight excluding hydrogens is 390 g/mol. The van der Waals surface area contributed by atoms with Crippen LogP contribution in [0.25, 0.3) is 11.3 Å². The molecule has 0 fully saturated rings. The van der Waals surface area contributed by atoms with Crippen LogP contribution >= 0.6 is 35.2 Å². The van der Waals surface area contributed by atoms with Crippen LogP contribution in [-0.4, -0.2) is 23.1 Å². The zero-order valence-corrected chi connectivity index (χ0v) is 16.0. The van der Waals surface area contributed by atoms with Crippen LogP contribution in [0.3, 0.4) is 0 Å². The third kappa shape index (κ3) is 4.37. The summed E-state index contributed by atoms with van der Waals surface area (Å²) >= 11 is 12.5. The number of nitrogens with one attached hydrogen (secondary N) is 2. The van der Waals surface area contributed by atoms with Gasteiger partial charge in [-0.25, -0.2) is 4.98 Å². The molecule has 1 aromatic heterocycles. The lowest BCUT2D eigenvalue weighted by atomic mass is 10.2. The number of hydrogen-bond acceptors (Lipinski definition) is 5. The first-order chi connectivity index (χ1) is 12.6. The largest absolute Gasteiger partial charge is 0.496 e. The van der Waals surface area contributed by atoms with Crippen LogP contribution in [-0.2, 0) is 0 Å². The Bertz CT molecular complexity index is 942. The Labute approximate surface area is 165 Å². The number of carbonyl (C=O) groups is 1. The summed E-state index contributed by atoms with van der Waals surface area (Å²) in [6.45, 7) is 0. The van der Waals surface area contributed by atoms with Crippen molar-refractivity contribution in [1.82, 2.24) is 10.3 Å². The molecule has 5 nitrogen and oxygen atoms in total. The molecule has 0 radical (unpaired) electrons. The second-order valence-electron chi connectivity index (χ2n) is 5.15. The molecule has 1 amide bonds. The fraction of sp³-hybridized carbons (Fsp3) is 0.0556. The lowest BCUT2D eigenvalue weighted by Gasteiger charge is -2.10. The number of benzene rings is 2. The van der Waals surface area contributed by atoms with Gasteiger partial charge in [0.25, 0.3) is 5.91 Å². The summed E-state index contributed by atoms with van der Waals surface area (Å²) in [5, 5.41) is 8.86. The minimum absolute atomic E-state index is 0.165. The summed E-state index contributed by atoms with van der Waals surface area (Å²) in [7, 11) is 1.51. The van der Waals surface area contributed by atoms with Gasteiger partial charge < -0.3 is 10.1 Å². The quantitative estimate of drug-likeness (QED) is 0.623. The first-order valence-electron chi connectivity index (χ1n) is 7.53. The molecule has 1 heterocycles. The van der Waals surface area contributed by atoms with Crippen molar-refractivity contribution in [3.63, 3.8) is 0 Å². The normalized spacial score (nSPS) is 10.2. The number of ether oxygens (including phenoxy) is 1. The van der Waals surface area contributed by atoms with E-state index in [0.29, 0.717) is 21.5 Å². The predicted octanol–water partition coefficient (Wildman–Crippen LogP) is 4.60. The molecule has 0 unspecified atom stereocenters. The lowest BCUT2D eigenvalue weighted by molar-refractivity contribution is 0.0975. The fourth-order valence-electron chi connectivity index (χ4n) is 2.22. The highest BCUT2D eigenvalue weighted by molar-refractivity contribution is 7.80. The molecule has 0 aliphatic carbocycles. The molecular formula is C18H14ClN3O2S2. The van der Waals surface area contributed by atoms with Gasteiger partial charge in [-0.3, -0.25) is 10.1 Å². The van der Waals surface area contributed by atoms with E-state index in [1.54, 1.807) is 36.4 Å². The van der Waals surface area contributed by atoms with Gasteiger partial charge >= 0.3 is 0 Å². The van der Waals surface area contributed by atoms with Gasteiger partial charge in [0.1, 0.15) is 5.75 Å². The zero-order valence-electron chi connectivity index (χ0n) is 13.7. The molecule has 3 aromatic rings. The molecule has 26 heavy (non-hydrogen) atoms. The second-order valence-corrected chi connectivity index (χ2v) is 6.86. The van der Waals surface area contributed by atoms with Crippen molar-refractivity contribution in [2.45, 2.75) is 0 Å². The number of halogens is 1. The monoisotopic (exact) mass is 403 g/mol. The second kappa shape index (κ2) is 8.27. The van der Waals surface area contributed by atoms with Crippen molar-refractivity contribution in [1.29, 1.82) is 0 Å². The maximum absolute atomic E-state index is 12.3. The number of rotatable bonds is 4. The Hall–Kier alpha value is -2.48. The third-order valence-corrected chi connectivity index (χ3v) is 4.66. The number of thiocarbonyl (C=S) groups is 1. The fourth-order valence-corrected chi connectivity index (χ4v) is 3.32. The van der Waals surface area contributed by atoms with Crippen LogP contribution < -0.4 is 15.4 Å². The maximum atomic E-state index is 12.3. The molecule has 2 aromatic carbocycles. The highest BCUT2D eigenvalue weighted by Crippen LogP contribution is 2.26. The summed E-state index contributed by atoms with van der Waals surface area (Å²) in [6.07, 6.45) is 0. The molecule has 8 heteroatoms. The topological polar surface area (TPSA) is 63.2 Å². The van der Waals surface area contributed by atoms with Crippen molar-refractivity contribution >= 4 is 51.3 Å². The van der Waals surface area contributed by atoms with Crippen molar-refractivity contribution in [3.8, 4) is 17.0 Å². The Morgan fingerprint density at radius 1 is 1.19 bits per heavy atom. The molecule has 0 saturated carbocycles. The third-order valence-electron chi connectivity index (χ3n) is 3.44. The summed E-state index contributed by atoms with van der Waals surface area (Å²) in [6, 6.07) is 14.3. The summed E-state index contributed by atoms with van der Waals surface area (Å²) < 4.78 is 5.18. The number of para-hydroxylation sites is 1. The first kappa shape index (κ1) is 18.3. The highest BCUT2D eigenvalue weighted by Gasteiger charge is 2.13. The molecule has 0 saturated heterocycles. The molecule has 2 N–H and O–H groups in total. The zero-order chi connectivity index (χ0) is 18.5. The van der Waals surface area contributed by atoms with Crippen molar-refractivity contribution < 1.29 is 9.53 Å². The summed E-state index contributed by atoms with van der Waals surface area (Å²) in [4.78, 5) is 16.8. The van der Waals surface area contributed by atoms with E-state index in [1.807, 2.05) is 17.5 Å². The standard InChI is InChI=1S/C18H14ClN3O2S2/c1-24-15-5-3-2-4-13(15)16(23)21-17(25)22-18-20-14(10-26-18)11-6-8-12(19)9-7-11/h2-10H,1H3,(H2,20,21,22,23,25). The lowest BCUT2D eigenvalue weighted by Crippen LogP contribution is -2.34. The van der Waals surface area contributed by atoms with Gasteiger partial charge in [-0.1, -0.05) is 35.9 Å². The van der Waals surface area contributed by atoms with Crippen molar-refractivity contribution in [2.75, 3.05) is 12.4 Å². The number of thiazole rings is 1. The summed E-state index contributed by atoms with van der Waals surface area (Å²) in [5.74, 6) is 0.126. The number of amides is 1. The SMILES string of the molecule is COc1ccccc1C(=O)NC(=S)Nc1nc(-c2ccc(Cl)cc2)cs1.